The Morgan fingerprint density at radius 2 is 1.71 bits per heavy atom. The lowest BCUT2D eigenvalue weighted by atomic mass is 10.2. The SMILES string of the molecule is C(=C\n1ncc2c(N3CCCCCC3)ncnc21)/c1ccccc1. The molecule has 0 unspecified atom stereocenters. The molecule has 0 spiro atoms. The first-order chi connectivity index (χ1) is 11.9. The van der Waals surface area contributed by atoms with Gasteiger partial charge in [-0.15, -0.1) is 0 Å². The third kappa shape index (κ3) is 3.02. The van der Waals surface area contributed by atoms with Crippen molar-refractivity contribution in [3.05, 3.63) is 48.4 Å². The number of fused-ring (bicyclic) bond motifs is 1. The predicted molar refractivity (Wildman–Crippen MR) is 97.7 cm³/mol. The molecule has 0 atom stereocenters. The summed E-state index contributed by atoms with van der Waals surface area (Å²) in [6.45, 7) is 2.13. The van der Waals surface area contributed by atoms with Crippen LogP contribution in [0.1, 0.15) is 31.2 Å². The van der Waals surface area contributed by atoms with Crippen molar-refractivity contribution in [1.82, 2.24) is 19.7 Å². The molecule has 0 saturated carbocycles. The summed E-state index contributed by atoms with van der Waals surface area (Å²) >= 11 is 0. The summed E-state index contributed by atoms with van der Waals surface area (Å²) in [5.41, 5.74) is 2.00. The zero-order chi connectivity index (χ0) is 16.2. The standard InChI is InChI=1S/C19H21N5/c1-2-7-12-23(11-6-1)18-17-14-22-24(19(17)21-15-20-18)13-10-16-8-4-3-5-9-16/h3-5,8-10,13-15H,1-2,6-7,11-12H2/b13-10+. The van der Waals surface area contributed by atoms with E-state index in [2.05, 4.69) is 32.1 Å². The minimum Gasteiger partial charge on any atom is -0.356 e. The molecule has 122 valence electrons. The van der Waals surface area contributed by atoms with Crippen LogP contribution < -0.4 is 4.90 Å². The largest absolute Gasteiger partial charge is 0.356 e. The highest BCUT2D eigenvalue weighted by Gasteiger charge is 2.16. The van der Waals surface area contributed by atoms with Crippen LogP contribution in [0.5, 0.6) is 0 Å². The Bertz CT molecular complexity index is 829. The van der Waals surface area contributed by atoms with E-state index in [1.165, 1.54) is 25.7 Å². The van der Waals surface area contributed by atoms with Crippen LogP contribution in [0.2, 0.25) is 0 Å². The topological polar surface area (TPSA) is 46.8 Å². The molecule has 0 N–H and O–H groups in total. The van der Waals surface area contributed by atoms with Crippen molar-refractivity contribution in [3.8, 4) is 0 Å². The molecule has 0 bridgehead atoms. The van der Waals surface area contributed by atoms with Crippen LogP contribution in [-0.4, -0.2) is 32.8 Å². The number of hydrogen-bond acceptors (Lipinski definition) is 4. The summed E-state index contributed by atoms with van der Waals surface area (Å²) in [5.74, 6) is 1.02. The molecule has 24 heavy (non-hydrogen) atoms. The quantitative estimate of drug-likeness (QED) is 0.736. The zero-order valence-electron chi connectivity index (χ0n) is 13.7. The maximum absolute atomic E-state index is 4.54. The zero-order valence-corrected chi connectivity index (χ0v) is 13.7. The van der Waals surface area contributed by atoms with Crippen LogP contribution in [0, 0.1) is 0 Å². The second kappa shape index (κ2) is 6.83. The van der Waals surface area contributed by atoms with Gasteiger partial charge in [0.1, 0.15) is 12.1 Å². The van der Waals surface area contributed by atoms with Crippen LogP contribution in [0.25, 0.3) is 23.3 Å². The van der Waals surface area contributed by atoms with E-state index in [0.29, 0.717) is 0 Å². The van der Waals surface area contributed by atoms with Gasteiger partial charge >= 0.3 is 0 Å². The molecule has 3 heterocycles. The molecule has 1 aromatic carbocycles. The number of benzene rings is 1. The van der Waals surface area contributed by atoms with Gasteiger partial charge in [0.2, 0.25) is 0 Å². The van der Waals surface area contributed by atoms with Gasteiger partial charge in [-0.3, -0.25) is 0 Å². The summed E-state index contributed by atoms with van der Waals surface area (Å²) in [7, 11) is 0. The summed E-state index contributed by atoms with van der Waals surface area (Å²) in [5, 5.41) is 5.52. The van der Waals surface area contributed by atoms with Crippen LogP contribution in [0.4, 0.5) is 5.82 Å². The highest BCUT2D eigenvalue weighted by molar-refractivity contribution is 5.88. The second-order valence-electron chi connectivity index (χ2n) is 6.15. The Balaban J connectivity index is 1.67. The number of hydrogen-bond donors (Lipinski definition) is 0. The molecule has 4 rings (SSSR count). The molecule has 1 aliphatic heterocycles. The second-order valence-corrected chi connectivity index (χ2v) is 6.15. The first-order valence-electron chi connectivity index (χ1n) is 8.58. The van der Waals surface area contributed by atoms with Gasteiger partial charge < -0.3 is 4.90 Å². The highest BCUT2D eigenvalue weighted by atomic mass is 15.3. The Kier molecular flexibility index (Phi) is 4.23. The maximum atomic E-state index is 4.54. The lowest BCUT2D eigenvalue weighted by Crippen LogP contribution is -2.25. The lowest BCUT2D eigenvalue weighted by molar-refractivity contribution is 0.726. The fraction of sp³-hybridized carbons (Fsp3) is 0.316. The number of nitrogens with zero attached hydrogens (tertiary/aromatic N) is 5. The van der Waals surface area contributed by atoms with E-state index >= 15 is 0 Å². The molecule has 3 aromatic rings. The molecule has 5 nitrogen and oxygen atoms in total. The molecular weight excluding hydrogens is 298 g/mol. The van der Waals surface area contributed by atoms with E-state index in [1.807, 2.05) is 41.4 Å². The Labute approximate surface area is 141 Å². The van der Waals surface area contributed by atoms with Crippen molar-refractivity contribution in [3.63, 3.8) is 0 Å². The van der Waals surface area contributed by atoms with Crippen molar-refractivity contribution in [2.45, 2.75) is 25.7 Å². The predicted octanol–water partition coefficient (Wildman–Crippen LogP) is 3.83. The first-order valence-corrected chi connectivity index (χ1v) is 8.58. The summed E-state index contributed by atoms with van der Waals surface area (Å²) < 4.78 is 1.82. The van der Waals surface area contributed by atoms with Crippen molar-refractivity contribution >= 4 is 29.1 Å². The smallest absolute Gasteiger partial charge is 0.167 e. The maximum Gasteiger partial charge on any atom is 0.167 e. The molecule has 0 radical (unpaired) electrons. The average molecular weight is 319 g/mol. The van der Waals surface area contributed by atoms with Crippen molar-refractivity contribution in [2.24, 2.45) is 0 Å². The fourth-order valence-electron chi connectivity index (χ4n) is 3.21. The van der Waals surface area contributed by atoms with E-state index in [1.54, 1.807) is 6.33 Å². The number of rotatable bonds is 3. The lowest BCUT2D eigenvalue weighted by Gasteiger charge is -2.21. The van der Waals surface area contributed by atoms with E-state index in [9.17, 15) is 0 Å². The van der Waals surface area contributed by atoms with Crippen molar-refractivity contribution < 1.29 is 0 Å². The van der Waals surface area contributed by atoms with Gasteiger partial charge in [0.05, 0.1) is 11.6 Å². The van der Waals surface area contributed by atoms with E-state index in [4.69, 9.17) is 0 Å². The van der Waals surface area contributed by atoms with Crippen LogP contribution >= 0.6 is 0 Å². The molecule has 1 saturated heterocycles. The van der Waals surface area contributed by atoms with Gasteiger partial charge in [0, 0.05) is 19.3 Å². The Hall–Kier alpha value is -2.69. The van der Waals surface area contributed by atoms with Crippen molar-refractivity contribution in [2.75, 3.05) is 18.0 Å². The third-order valence-electron chi connectivity index (χ3n) is 4.48. The molecule has 0 amide bonds. The van der Waals surface area contributed by atoms with Gasteiger partial charge in [-0.1, -0.05) is 43.2 Å². The Morgan fingerprint density at radius 3 is 2.50 bits per heavy atom. The molecule has 0 aliphatic carbocycles. The molecule has 2 aromatic heterocycles. The fourth-order valence-corrected chi connectivity index (χ4v) is 3.21. The van der Waals surface area contributed by atoms with Crippen LogP contribution in [0.15, 0.2) is 42.9 Å². The highest BCUT2D eigenvalue weighted by Crippen LogP contribution is 2.25. The van der Waals surface area contributed by atoms with Crippen LogP contribution in [0.3, 0.4) is 0 Å². The van der Waals surface area contributed by atoms with Gasteiger partial charge in [0.25, 0.3) is 0 Å². The van der Waals surface area contributed by atoms with E-state index < -0.39 is 0 Å². The number of aromatic nitrogens is 4. The minimum atomic E-state index is 0.858. The monoisotopic (exact) mass is 319 g/mol. The van der Waals surface area contributed by atoms with Crippen LogP contribution in [-0.2, 0) is 0 Å². The Morgan fingerprint density at radius 1 is 0.917 bits per heavy atom. The van der Waals surface area contributed by atoms with Gasteiger partial charge in [-0.25, -0.2) is 14.6 Å². The van der Waals surface area contributed by atoms with Gasteiger partial charge in [0.15, 0.2) is 5.65 Å². The van der Waals surface area contributed by atoms with Gasteiger partial charge in [-0.05, 0) is 24.5 Å². The van der Waals surface area contributed by atoms with Gasteiger partial charge in [-0.2, -0.15) is 5.10 Å². The summed E-state index contributed by atoms with van der Waals surface area (Å²) in [4.78, 5) is 11.4. The first kappa shape index (κ1) is 14.9. The number of anilines is 1. The molecular formula is C19H21N5. The molecule has 1 fully saturated rings. The normalized spacial score (nSPS) is 15.9. The molecule has 5 heteroatoms. The van der Waals surface area contributed by atoms with Crippen molar-refractivity contribution in [1.29, 1.82) is 0 Å². The van der Waals surface area contributed by atoms with E-state index in [-0.39, 0.29) is 0 Å². The third-order valence-corrected chi connectivity index (χ3v) is 4.48. The summed E-state index contributed by atoms with van der Waals surface area (Å²) in [6, 6.07) is 10.2. The minimum absolute atomic E-state index is 0.858. The van der Waals surface area contributed by atoms with E-state index in [0.717, 1.165) is 35.5 Å². The molecule has 1 aliphatic rings. The average Bonchev–Trinajstić information content (AvgIpc) is 2.86. The summed E-state index contributed by atoms with van der Waals surface area (Å²) in [6.07, 6.45) is 12.6.